The van der Waals surface area contributed by atoms with Crippen LogP contribution >= 0.6 is 0 Å². The maximum absolute atomic E-state index is 12.3. The molecular formula is C36H59NO9. The number of aliphatic hydroxyl groups excluding tert-OH is 2. The van der Waals surface area contributed by atoms with E-state index in [0.717, 1.165) is 12.0 Å². The maximum atomic E-state index is 12.3. The molecule has 2 fully saturated rings. The van der Waals surface area contributed by atoms with E-state index in [9.17, 15) is 24.7 Å². The minimum absolute atomic E-state index is 0.0998. The molecule has 0 amide bonds. The number of allylic oxidation sites excluding steroid dienone is 2. The van der Waals surface area contributed by atoms with Crippen LogP contribution in [0.2, 0.25) is 0 Å². The number of esters is 1. The summed E-state index contributed by atoms with van der Waals surface area (Å²) in [5.41, 5.74) is 1.05. The molecule has 46 heavy (non-hydrogen) atoms. The third-order valence-electron chi connectivity index (χ3n) is 9.96. The monoisotopic (exact) mass is 649 g/mol. The SMILES string of the molecule is CC[C@H](/C=C\[C@H](C)[C@H](O)[C@@H](C)/C=C(/C)C[C@H](C)[C@@H](O)[C@H](C)[C@@H](OC(=O)OC)[C@@H](C)/C=C\C1CO1)C[C@@H]1OC(=O)[C@H](C)[C@@H](N=O)[C@H]1C. The molecule has 2 aliphatic rings. The van der Waals surface area contributed by atoms with Crippen LogP contribution in [0.15, 0.2) is 41.1 Å². The van der Waals surface area contributed by atoms with Gasteiger partial charge in [-0.2, -0.15) is 4.91 Å². The lowest BCUT2D eigenvalue weighted by molar-refractivity contribution is -0.167. The first-order valence-corrected chi connectivity index (χ1v) is 16.9. The average molecular weight is 650 g/mol. The van der Waals surface area contributed by atoms with Crippen LogP contribution in [0.3, 0.4) is 0 Å². The van der Waals surface area contributed by atoms with Crippen LogP contribution in [-0.2, 0) is 23.7 Å². The number of methoxy groups -OCH3 is 1. The highest BCUT2D eigenvalue weighted by molar-refractivity contribution is 5.74. The van der Waals surface area contributed by atoms with Crippen molar-refractivity contribution in [3.63, 3.8) is 0 Å². The van der Waals surface area contributed by atoms with Crippen LogP contribution < -0.4 is 0 Å². The van der Waals surface area contributed by atoms with E-state index in [1.54, 1.807) is 6.92 Å². The van der Waals surface area contributed by atoms with Gasteiger partial charge in [0, 0.05) is 29.6 Å². The number of nitrogens with zero attached hydrogens (tertiary/aromatic N) is 1. The molecule has 0 saturated carbocycles. The number of ether oxygens (including phenoxy) is 4. The Morgan fingerprint density at radius 3 is 2.26 bits per heavy atom. The Bertz CT molecular complexity index is 1070. The Balaban J connectivity index is 1.98. The molecule has 0 radical (unpaired) electrons. The summed E-state index contributed by atoms with van der Waals surface area (Å²) in [6.45, 7) is 18.1. The zero-order valence-electron chi connectivity index (χ0n) is 29.5. The number of epoxide rings is 1. The van der Waals surface area contributed by atoms with Gasteiger partial charge in [-0.3, -0.25) is 4.79 Å². The number of nitroso groups, excluding NO2 is 1. The summed E-state index contributed by atoms with van der Waals surface area (Å²) in [4.78, 5) is 35.7. The molecule has 2 aliphatic heterocycles. The lowest BCUT2D eigenvalue weighted by Gasteiger charge is -2.36. The molecule has 0 aromatic carbocycles. The summed E-state index contributed by atoms with van der Waals surface area (Å²) >= 11 is 0. The number of hydrogen-bond acceptors (Lipinski definition) is 10. The van der Waals surface area contributed by atoms with E-state index in [-0.39, 0.29) is 59.6 Å². The van der Waals surface area contributed by atoms with Crippen LogP contribution in [-0.4, -0.2) is 72.6 Å². The molecule has 0 aliphatic carbocycles. The van der Waals surface area contributed by atoms with Crippen molar-refractivity contribution in [2.24, 2.45) is 52.5 Å². The second-order valence-electron chi connectivity index (χ2n) is 13.9. The molecule has 0 aromatic heterocycles. The number of rotatable bonds is 18. The van der Waals surface area contributed by atoms with Crippen LogP contribution in [0.25, 0.3) is 0 Å². The highest BCUT2D eigenvalue weighted by Crippen LogP contribution is 2.34. The predicted octanol–water partition coefficient (Wildman–Crippen LogP) is 6.64. The molecule has 0 spiro atoms. The second-order valence-corrected chi connectivity index (χ2v) is 13.9. The van der Waals surface area contributed by atoms with Crippen LogP contribution in [0.5, 0.6) is 0 Å². The lowest BCUT2D eigenvalue weighted by atomic mass is 9.80. The zero-order valence-corrected chi connectivity index (χ0v) is 29.5. The molecule has 10 heteroatoms. The van der Waals surface area contributed by atoms with Gasteiger partial charge in [0.25, 0.3) is 0 Å². The first-order valence-electron chi connectivity index (χ1n) is 16.9. The minimum Gasteiger partial charge on any atom is -0.462 e. The van der Waals surface area contributed by atoms with Gasteiger partial charge in [0.05, 0.1) is 37.9 Å². The summed E-state index contributed by atoms with van der Waals surface area (Å²) in [7, 11) is 1.27. The van der Waals surface area contributed by atoms with E-state index in [0.29, 0.717) is 19.4 Å². The fourth-order valence-corrected chi connectivity index (χ4v) is 6.62. The van der Waals surface area contributed by atoms with Crippen molar-refractivity contribution in [3.05, 3.63) is 40.9 Å². The Morgan fingerprint density at radius 1 is 1.04 bits per heavy atom. The Morgan fingerprint density at radius 2 is 1.70 bits per heavy atom. The van der Waals surface area contributed by atoms with Gasteiger partial charge in [-0.15, -0.1) is 0 Å². The number of aliphatic hydroxyl groups is 2. The third kappa shape index (κ3) is 11.6. The van der Waals surface area contributed by atoms with Gasteiger partial charge in [0.15, 0.2) is 0 Å². The Labute approximate surface area is 275 Å². The normalized spacial score (nSPS) is 29.6. The fraction of sp³-hybridized carbons (Fsp3) is 0.778. The predicted molar refractivity (Wildman–Crippen MR) is 178 cm³/mol. The number of cyclic esters (lactones) is 1. The van der Waals surface area contributed by atoms with Crippen LogP contribution in [0.1, 0.15) is 81.6 Å². The van der Waals surface area contributed by atoms with Gasteiger partial charge < -0.3 is 29.2 Å². The molecule has 0 bridgehead atoms. The highest BCUT2D eigenvalue weighted by atomic mass is 16.7. The molecule has 1 unspecified atom stereocenters. The van der Waals surface area contributed by atoms with E-state index < -0.39 is 36.4 Å². The summed E-state index contributed by atoms with van der Waals surface area (Å²) in [6.07, 6.45) is 9.12. The van der Waals surface area contributed by atoms with E-state index in [1.165, 1.54) is 7.11 Å². The van der Waals surface area contributed by atoms with Crippen molar-refractivity contribution in [3.8, 4) is 0 Å². The number of hydrogen-bond donors (Lipinski definition) is 2. The second kappa shape index (κ2) is 18.7. The summed E-state index contributed by atoms with van der Waals surface area (Å²) < 4.78 is 21.2. The number of carbonyl (C=O) groups excluding carboxylic acids is 2. The summed E-state index contributed by atoms with van der Waals surface area (Å²) in [5.74, 6) is -1.82. The van der Waals surface area contributed by atoms with Gasteiger partial charge in [0.1, 0.15) is 18.2 Å². The van der Waals surface area contributed by atoms with Gasteiger partial charge in [0.2, 0.25) is 0 Å². The zero-order chi connectivity index (χ0) is 34.7. The maximum Gasteiger partial charge on any atom is 0.508 e. The van der Waals surface area contributed by atoms with Gasteiger partial charge >= 0.3 is 12.1 Å². The van der Waals surface area contributed by atoms with Gasteiger partial charge in [-0.05, 0) is 44.9 Å². The molecule has 2 N–H and O–H groups in total. The van der Waals surface area contributed by atoms with E-state index in [1.807, 2.05) is 66.7 Å². The standard InChI is InChI=1S/C36H59NO9/c1-11-28(18-30-25(7)31(37-42)26(8)35(40)45-30)14-12-21(3)32(38)23(5)16-20(2)17-24(6)33(39)27(9)34(46-36(41)43-10)22(4)13-15-29-19-44-29/h12-16,21-34,38-39H,11,17-19H2,1-10H3/b14-12-,15-13-,20-16-/t21-,22-,23-,24-,25-,26+,27-,28+,29?,30-,31-,32-,33+,34-/m0/s1. The quantitative estimate of drug-likeness (QED) is 0.0723. The molecule has 10 nitrogen and oxygen atoms in total. The molecule has 2 heterocycles. The fourth-order valence-electron chi connectivity index (χ4n) is 6.62. The van der Waals surface area contributed by atoms with E-state index >= 15 is 0 Å². The third-order valence-corrected chi connectivity index (χ3v) is 9.96. The van der Waals surface area contributed by atoms with Crippen molar-refractivity contribution >= 4 is 12.1 Å². The molecule has 2 saturated heterocycles. The Kier molecular flexibility index (Phi) is 16.1. The minimum atomic E-state index is -0.780. The van der Waals surface area contributed by atoms with Crippen molar-refractivity contribution < 1.29 is 38.7 Å². The van der Waals surface area contributed by atoms with Crippen molar-refractivity contribution in [2.45, 2.75) is 118 Å². The van der Waals surface area contributed by atoms with Crippen LogP contribution in [0, 0.1) is 52.3 Å². The average Bonchev–Trinajstić information content (AvgIpc) is 3.86. The smallest absolute Gasteiger partial charge is 0.462 e. The first-order chi connectivity index (χ1) is 21.6. The summed E-state index contributed by atoms with van der Waals surface area (Å²) in [6, 6.07) is -0.584. The molecule has 262 valence electrons. The first kappa shape index (κ1) is 39.6. The Hall–Kier alpha value is -2.56. The largest absolute Gasteiger partial charge is 0.508 e. The molecule has 2 rings (SSSR count). The number of carbonyl (C=O) groups is 2. The van der Waals surface area contributed by atoms with Crippen molar-refractivity contribution in [1.82, 2.24) is 0 Å². The van der Waals surface area contributed by atoms with Crippen LogP contribution in [0.4, 0.5) is 4.79 Å². The lowest BCUT2D eigenvalue weighted by Crippen LogP contribution is -2.46. The van der Waals surface area contributed by atoms with Crippen molar-refractivity contribution in [1.29, 1.82) is 0 Å². The van der Waals surface area contributed by atoms with Crippen molar-refractivity contribution in [2.75, 3.05) is 13.7 Å². The topological polar surface area (TPSA) is 144 Å². The van der Waals surface area contributed by atoms with E-state index in [4.69, 9.17) is 18.9 Å². The van der Waals surface area contributed by atoms with Gasteiger partial charge in [-0.25, -0.2) is 4.79 Å². The molecule has 14 atom stereocenters. The van der Waals surface area contributed by atoms with Gasteiger partial charge in [-0.1, -0.05) is 89.6 Å². The molecular weight excluding hydrogens is 590 g/mol. The van der Waals surface area contributed by atoms with E-state index in [2.05, 4.69) is 24.3 Å². The molecule has 0 aromatic rings. The summed E-state index contributed by atoms with van der Waals surface area (Å²) in [5, 5.41) is 25.6. The highest BCUT2D eigenvalue weighted by Gasteiger charge is 2.43.